The molecular weight excluding hydrogens is 298 g/mol. The predicted octanol–water partition coefficient (Wildman–Crippen LogP) is 3.93. The molecule has 0 radical (unpaired) electrons. The van der Waals surface area contributed by atoms with Crippen LogP contribution in [-0.4, -0.2) is 15.5 Å². The first-order valence-corrected chi connectivity index (χ1v) is 8.60. The Morgan fingerprint density at radius 3 is 2.41 bits per heavy atom. The summed E-state index contributed by atoms with van der Waals surface area (Å²) in [4.78, 5) is 0.147. The first kappa shape index (κ1) is 16.4. The summed E-state index contributed by atoms with van der Waals surface area (Å²) in [6, 6.07) is 12.5. The zero-order valence-electron chi connectivity index (χ0n) is 13.3. The minimum absolute atomic E-state index is 0.147. The number of aryl methyl sites for hydroxylation is 1. The number of methoxy groups -OCH3 is 1. The van der Waals surface area contributed by atoms with E-state index in [-0.39, 0.29) is 10.8 Å². The third-order valence-corrected chi connectivity index (χ3v) is 4.82. The van der Waals surface area contributed by atoms with Crippen molar-refractivity contribution < 1.29 is 13.2 Å². The Morgan fingerprint density at radius 1 is 1.09 bits per heavy atom. The summed E-state index contributed by atoms with van der Waals surface area (Å²) in [5.41, 5.74) is 2.41. The van der Waals surface area contributed by atoms with Gasteiger partial charge in [0.05, 0.1) is 12.8 Å². The Morgan fingerprint density at radius 2 is 1.77 bits per heavy atom. The van der Waals surface area contributed by atoms with Gasteiger partial charge < -0.3 is 4.74 Å². The van der Waals surface area contributed by atoms with Crippen molar-refractivity contribution in [2.75, 3.05) is 11.8 Å². The smallest absolute Gasteiger partial charge is 0.265 e. The Kier molecular flexibility index (Phi) is 4.76. The summed E-state index contributed by atoms with van der Waals surface area (Å²) in [7, 11) is -2.25. The molecule has 0 aliphatic heterocycles. The molecule has 0 atom stereocenters. The SMILES string of the molecule is COc1ccc(C)cc1S(=O)(=O)Nc1ccccc1C(C)C. The van der Waals surface area contributed by atoms with Crippen molar-refractivity contribution in [2.24, 2.45) is 0 Å². The van der Waals surface area contributed by atoms with Crippen LogP contribution in [0.15, 0.2) is 47.4 Å². The van der Waals surface area contributed by atoms with Gasteiger partial charge in [-0.1, -0.05) is 38.1 Å². The van der Waals surface area contributed by atoms with Gasteiger partial charge in [-0.05, 0) is 42.2 Å². The first-order chi connectivity index (χ1) is 10.3. The summed E-state index contributed by atoms with van der Waals surface area (Å²) in [6.45, 7) is 5.90. The fraction of sp³-hybridized carbons (Fsp3) is 0.294. The minimum Gasteiger partial charge on any atom is -0.495 e. The molecule has 118 valence electrons. The van der Waals surface area contributed by atoms with Crippen LogP contribution in [0.25, 0.3) is 0 Å². The predicted molar refractivity (Wildman–Crippen MR) is 89.1 cm³/mol. The van der Waals surface area contributed by atoms with E-state index in [1.807, 2.05) is 45.0 Å². The monoisotopic (exact) mass is 319 g/mol. The highest BCUT2D eigenvalue weighted by atomic mass is 32.2. The third-order valence-electron chi connectivity index (χ3n) is 3.44. The second-order valence-electron chi connectivity index (χ2n) is 5.50. The maximum atomic E-state index is 12.7. The van der Waals surface area contributed by atoms with Crippen molar-refractivity contribution in [3.63, 3.8) is 0 Å². The molecule has 22 heavy (non-hydrogen) atoms. The molecule has 0 aromatic heterocycles. The largest absolute Gasteiger partial charge is 0.495 e. The molecule has 2 rings (SSSR count). The summed E-state index contributed by atoms with van der Waals surface area (Å²) < 4.78 is 33.3. The van der Waals surface area contributed by atoms with Gasteiger partial charge in [0, 0.05) is 0 Å². The van der Waals surface area contributed by atoms with Crippen molar-refractivity contribution >= 4 is 15.7 Å². The fourth-order valence-electron chi connectivity index (χ4n) is 2.29. The van der Waals surface area contributed by atoms with Gasteiger partial charge >= 0.3 is 0 Å². The number of hydrogen-bond donors (Lipinski definition) is 1. The fourth-order valence-corrected chi connectivity index (χ4v) is 3.63. The number of rotatable bonds is 5. The molecule has 2 aromatic carbocycles. The van der Waals surface area contributed by atoms with Crippen LogP contribution in [0.4, 0.5) is 5.69 Å². The number of anilines is 1. The second-order valence-corrected chi connectivity index (χ2v) is 7.15. The van der Waals surface area contributed by atoms with Gasteiger partial charge in [0.15, 0.2) is 0 Å². The van der Waals surface area contributed by atoms with Crippen LogP contribution >= 0.6 is 0 Å². The molecule has 1 N–H and O–H groups in total. The van der Waals surface area contributed by atoms with Crippen LogP contribution in [0, 0.1) is 6.92 Å². The Bertz CT molecular complexity index is 767. The van der Waals surface area contributed by atoms with Crippen molar-refractivity contribution in [1.82, 2.24) is 0 Å². The molecule has 0 bridgehead atoms. The number of nitrogens with one attached hydrogen (secondary N) is 1. The number of benzene rings is 2. The van der Waals surface area contributed by atoms with Crippen LogP contribution < -0.4 is 9.46 Å². The van der Waals surface area contributed by atoms with E-state index < -0.39 is 10.0 Å². The van der Waals surface area contributed by atoms with Gasteiger partial charge in [0.1, 0.15) is 10.6 Å². The van der Waals surface area contributed by atoms with E-state index in [1.165, 1.54) is 7.11 Å². The number of ether oxygens (including phenoxy) is 1. The van der Waals surface area contributed by atoms with E-state index in [2.05, 4.69) is 4.72 Å². The van der Waals surface area contributed by atoms with Crippen LogP contribution in [0.3, 0.4) is 0 Å². The average Bonchev–Trinajstić information content (AvgIpc) is 2.47. The van der Waals surface area contributed by atoms with Crippen molar-refractivity contribution in [1.29, 1.82) is 0 Å². The highest BCUT2D eigenvalue weighted by Crippen LogP contribution is 2.30. The van der Waals surface area contributed by atoms with E-state index in [0.717, 1.165) is 11.1 Å². The molecule has 0 aliphatic rings. The Hall–Kier alpha value is -2.01. The molecule has 0 fully saturated rings. The second kappa shape index (κ2) is 6.40. The Balaban J connectivity index is 2.47. The summed E-state index contributed by atoms with van der Waals surface area (Å²) >= 11 is 0. The van der Waals surface area contributed by atoms with Gasteiger partial charge in [-0.25, -0.2) is 8.42 Å². The lowest BCUT2D eigenvalue weighted by Crippen LogP contribution is -2.15. The molecule has 4 nitrogen and oxygen atoms in total. The topological polar surface area (TPSA) is 55.4 Å². The van der Waals surface area contributed by atoms with E-state index in [4.69, 9.17) is 4.74 Å². The van der Waals surface area contributed by atoms with E-state index in [1.54, 1.807) is 18.2 Å². The number of para-hydroxylation sites is 1. The molecule has 0 amide bonds. The number of hydrogen-bond acceptors (Lipinski definition) is 3. The van der Waals surface area contributed by atoms with E-state index in [9.17, 15) is 8.42 Å². The van der Waals surface area contributed by atoms with Gasteiger partial charge in [-0.2, -0.15) is 0 Å². The van der Waals surface area contributed by atoms with Crippen molar-refractivity contribution in [3.8, 4) is 5.75 Å². The van der Waals surface area contributed by atoms with Crippen molar-refractivity contribution in [2.45, 2.75) is 31.6 Å². The lowest BCUT2D eigenvalue weighted by atomic mass is 10.0. The molecule has 0 heterocycles. The van der Waals surface area contributed by atoms with Crippen LogP contribution in [0.2, 0.25) is 0 Å². The van der Waals surface area contributed by atoms with Crippen LogP contribution in [0.1, 0.15) is 30.9 Å². The average molecular weight is 319 g/mol. The summed E-state index contributed by atoms with van der Waals surface area (Å²) in [6.07, 6.45) is 0. The van der Waals surface area contributed by atoms with E-state index >= 15 is 0 Å². The van der Waals surface area contributed by atoms with Crippen molar-refractivity contribution in [3.05, 3.63) is 53.6 Å². The molecule has 0 spiro atoms. The molecule has 0 saturated heterocycles. The summed E-state index contributed by atoms with van der Waals surface area (Å²) in [5.74, 6) is 0.554. The third kappa shape index (κ3) is 3.42. The van der Waals surface area contributed by atoms with Crippen LogP contribution in [-0.2, 0) is 10.0 Å². The molecule has 5 heteroatoms. The highest BCUT2D eigenvalue weighted by molar-refractivity contribution is 7.92. The van der Waals surface area contributed by atoms with Crippen LogP contribution in [0.5, 0.6) is 5.75 Å². The maximum absolute atomic E-state index is 12.7. The molecule has 2 aromatic rings. The quantitative estimate of drug-likeness (QED) is 0.908. The van der Waals surface area contributed by atoms with Gasteiger partial charge in [-0.15, -0.1) is 0 Å². The lowest BCUT2D eigenvalue weighted by molar-refractivity contribution is 0.402. The normalized spacial score (nSPS) is 11.5. The van der Waals surface area contributed by atoms with Gasteiger partial charge in [-0.3, -0.25) is 4.72 Å². The zero-order valence-corrected chi connectivity index (χ0v) is 14.1. The maximum Gasteiger partial charge on any atom is 0.265 e. The standard InChI is InChI=1S/C17H21NO3S/c1-12(2)14-7-5-6-8-15(14)18-22(19,20)17-11-13(3)9-10-16(17)21-4/h5-12,18H,1-4H3. The molecule has 0 aliphatic carbocycles. The first-order valence-electron chi connectivity index (χ1n) is 7.11. The molecular formula is C17H21NO3S. The van der Waals surface area contributed by atoms with Gasteiger partial charge in [0.25, 0.3) is 10.0 Å². The minimum atomic E-state index is -3.71. The highest BCUT2D eigenvalue weighted by Gasteiger charge is 2.21. The zero-order chi connectivity index (χ0) is 16.3. The molecule has 0 saturated carbocycles. The summed E-state index contributed by atoms with van der Waals surface area (Å²) in [5, 5.41) is 0. The Labute approximate surface area is 132 Å². The molecule has 0 unspecified atom stereocenters. The number of sulfonamides is 1. The lowest BCUT2D eigenvalue weighted by Gasteiger charge is -2.16. The van der Waals surface area contributed by atoms with E-state index in [0.29, 0.717) is 11.4 Å². The van der Waals surface area contributed by atoms with Gasteiger partial charge in [0.2, 0.25) is 0 Å².